The minimum absolute atomic E-state index is 0.0732. The molecule has 6 nitrogen and oxygen atoms in total. The van der Waals surface area contributed by atoms with Gasteiger partial charge in [0.2, 0.25) is 0 Å². The van der Waals surface area contributed by atoms with E-state index in [4.69, 9.17) is 4.74 Å². The molecular weight excluding hydrogens is 347 g/mol. The van der Waals surface area contributed by atoms with Crippen LogP contribution in [-0.4, -0.2) is 59.4 Å². The first-order valence-corrected chi connectivity index (χ1v) is 9.26. The predicted octanol–water partition coefficient (Wildman–Crippen LogP) is 2.52. The largest absolute Gasteiger partial charge is 0.373 e. The Morgan fingerprint density at radius 3 is 2.67 bits per heavy atom. The Labute approximate surface area is 157 Å². The molecule has 1 aromatic carbocycles. The zero-order valence-electron chi connectivity index (χ0n) is 15.3. The summed E-state index contributed by atoms with van der Waals surface area (Å²) in [6, 6.07) is 10.2. The maximum Gasteiger partial charge on any atom is 0.274 e. The Kier molecular flexibility index (Phi) is 4.78. The number of anilines is 1. The van der Waals surface area contributed by atoms with Gasteiger partial charge in [0, 0.05) is 32.0 Å². The molecule has 0 bridgehead atoms. The number of rotatable bonds is 3. The fourth-order valence-electron chi connectivity index (χ4n) is 4.00. The van der Waals surface area contributed by atoms with Crippen molar-refractivity contribution in [2.24, 2.45) is 0 Å². The van der Waals surface area contributed by atoms with Crippen LogP contribution in [0.4, 0.5) is 10.1 Å². The van der Waals surface area contributed by atoms with Gasteiger partial charge in [-0.1, -0.05) is 0 Å². The number of ether oxygens (including phenoxy) is 1. The molecule has 1 unspecified atom stereocenters. The zero-order chi connectivity index (χ0) is 18.9. The molecule has 0 N–H and O–H groups in total. The number of carbonyl (C=O) groups excluding carboxylic acids is 1. The van der Waals surface area contributed by atoms with Gasteiger partial charge >= 0.3 is 0 Å². The highest BCUT2D eigenvalue weighted by Crippen LogP contribution is 2.38. The van der Waals surface area contributed by atoms with Gasteiger partial charge in [0.25, 0.3) is 5.91 Å². The lowest BCUT2D eigenvalue weighted by atomic mass is 9.87. The molecule has 2 aliphatic heterocycles. The first-order chi connectivity index (χ1) is 13.1. The van der Waals surface area contributed by atoms with Crippen LogP contribution in [0, 0.1) is 5.82 Å². The lowest BCUT2D eigenvalue weighted by molar-refractivity contribution is -0.0389. The number of carbonyl (C=O) groups is 1. The van der Waals surface area contributed by atoms with E-state index in [1.807, 2.05) is 11.9 Å². The summed E-state index contributed by atoms with van der Waals surface area (Å²) in [6.07, 6.45) is 4.10. The molecule has 1 amide bonds. The zero-order valence-corrected chi connectivity index (χ0v) is 15.3. The molecule has 2 fully saturated rings. The molecule has 3 heterocycles. The molecule has 1 aromatic heterocycles. The maximum absolute atomic E-state index is 13.2. The molecule has 1 spiro atoms. The summed E-state index contributed by atoms with van der Waals surface area (Å²) in [7, 11) is 2.02. The number of benzene rings is 1. The third kappa shape index (κ3) is 3.64. The van der Waals surface area contributed by atoms with E-state index < -0.39 is 0 Å². The second-order valence-corrected chi connectivity index (χ2v) is 7.34. The van der Waals surface area contributed by atoms with Gasteiger partial charge in [-0.15, -0.1) is 5.10 Å². The number of nitrogens with zero attached hydrogens (tertiary/aromatic N) is 4. The first kappa shape index (κ1) is 17.9. The monoisotopic (exact) mass is 370 g/mol. The fourth-order valence-corrected chi connectivity index (χ4v) is 4.00. The Morgan fingerprint density at radius 1 is 1.26 bits per heavy atom. The molecular formula is C20H23FN4O2. The van der Waals surface area contributed by atoms with Crippen molar-refractivity contribution in [2.75, 3.05) is 31.6 Å². The minimum atomic E-state index is -0.230. The number of likely N-dealkylation sites (tertiary alicyclic amines) is 1. The van der Waals surface area contributed by atoms with E-state index in [9.17, 15) is 9.18 Å². The van der Waals surface area contributed by atoms with Gasteiger partial charge in [0.1, 0.15) is 5.82 Å². The summed E-state index contributed by atoms with van der Waals surface area (Å²) in [5, 5.41) is 7.70. The van der Waals surface area contributed by atoms with E-state index in [1.165, 1.54) is 12.1 Å². The van der Waals surface area contributed by atoms with Crippen molar-refractivity contribution in [1.82, 2.24) is 15.1 Å². The number of amides is 1. The van der Waals surface area contributed by atoms with Crippen molar-refractivity contribution in [3.63, 3.8) is 0 Å². The van der Waals surface area contributed by atoms with Crippen molar-refractivity contribution < 1.29 is 13.9 Å². The number of hydrogen-bond donors (Lipinski definition) is 0. The predicted molar refractivity (Wildman–Crippen MR) is 99.1 cm³/mol. The molecule has 4 rings (SSSR count). The number of halogens is 1. The normalized spacial score (nSPS) is 21.4. The Bertz CT molecular complexity index is 791. The fraction of sp³-hybridized carbons (Fsp3) is 0.450. The van der Waals surface area contributed by atoms with Crippen molar-refractivity contribution in [2.45, 2.75) is 30.9 Å². The summed E-state index contributed by atoms with van der Waals surface area (Å²) in [4.78, 5) is 16.5. The SMILES string of the molecule is CN(c1ccc(F)cc1)C1COC2(CCN(C(=O)c3cccnn3)CC2)C1. The van der Waals surface area contributed by atoms with Gasteiger partial charge in [-0.2, -0.15) is 5.10 Å². The highest BCUT2D eigenvalue weighted by Gasteiger charge is 2.44. The lowest BCUT2D eigenvalue weighted by Crippen LogP contribution is -2.47. The molecule has 2 aromatic rings. The quantitative estimate of drug-likeness (QED) is 0.831. The van der Waals surface area contributed by atoms with Crippen LogP contribution >= 0.6 is 0 Å². The molecule has 2 aliphatic rings. The lowest BCUT2D eigenvalue weighted by Gasteiger charge is -2.38. The van der Waals surface area contributed by atoms with Crippen LogP contribution in [-0.2, 0) is 4.74 Å². The highest BCUT2D eigenvalue weighted by molar-refractivity contribution is 5.92. The average molecular weight is 370 g/mol. The molecule has 1 atom stereocenters. The topological polar surface area (TPSA) is 58.6 Å². The second kappa shape index (κ2) is 7.23. The molecule has 0 saturated carbocycles. The van der Waals surface area contributed by atoms with Crippen LogP contribution in [0.1, 0.15) is 29.8 Å². The molecule has 7 heteroatoms. The second-order valence-electron chi connectivity index (χ2n) is 7.34. The molecule has 0 radical (unpaired) electrons. The van der Waals surface area contributed by atoms with Crippen LogP contribution in [0.3, 0.4) is 0 Å². The Balaban J connectivity index is 1.36. The van der Waals surface area contributed by atoms with Crippen LogP contribution in [0.15, 0.2) is 42.6 Å². The van der Waals surface area contributed by atoms with E-state index in [0.29, 0.717) is 25.4 Å². The third-order valence-electron chi connectivity index (χ3n) is 5.72. The first-order valence-electron chi connectivity index (χ1n) is 9.26. The number of aromatic nitrogens is 2. The van der Waals surface area contributed by atoms with Gasteiger partial charge in [-0.05, 0) is 55.7 Å². The Hall–Kier alpha value is -2.54. The summed E-state index contributed by atoms with van der Waals surface area (Å²) in [5.74, 6) is -0.303. The summed E-state index contributed by atoms with van der Waals surface area (Å²) >= 11 is 0. The summed E-state index contributed by atoms with van der Waals surface area (Å²) < 4.78 is 19.4. The van der Waals surface area contributed by atoms with Crippen LogP contribution < -0.4 is 4.90 Å². The van der Waals surface area contributed by atoms with Crippen molar-refractivity contribution >= 4 is 11.6 Å². The van der Waals surface area contributed by atoms with Gasteiger partial charge in [0.05, 0.1) is 18.2 Å². The van der Waals surface area contributed by atoms with E-state index in [2.05, 4.69) is 15.1 Å². The molecule has 142 valence electrons. The van der Waals surface area contributed by atoms with E-state index in [0.717, 1.165) is 24.9 Å². The smallest absolute Gasteiger partial charge is 0.274 e. The Morgan fingerprint density at radius 2 is 2.00 bits per heavy atom. The summed E-state index contributed by atoms with van der Waals surface area (Å²) in [5.41, 5.74) is 1.19. The number of piperidine rings is 1. The van der Waals surface area contributed by atoms with E-state index >= 15 is 0 Å². The minimum Gasteiger partial charge on any atom is -0.373 e. The van der Waals surface area contributed by atoms with Crippen LogP contribution in [0.25, 0.3) is 0 Å². The summed E-state index contributed by atoms with van der Waals surface area (Å²) in [6.45, 7) is 1.96. The van der Waals surface area contributed by atoms with E-state index in [-0.39, 0.29) is 23.4 Å². The van der Waals surface area contributed by atoms with Gasteiger partial charge in [0.15, 0.2) is 5.69 Å². The van der Waals surface area contributed by atoms with Crippen molar-refractivity contribution in [3.05, 3.63) is 54.1 Å². The van der Waals surface area contributed by atoms with Crippen LogP contribution in [0.2, 0.25) is 0 Å². The molecule has 0 aliphatic carbocycles. The maximum atomic E-state index is 13.2. The van der Waals surface area contributed by atoms with E-state index in [1.54, 1.807) is 30.5 Å². The van der Waals surface area contributed by atoms with Gasteiger partial charge in [-0.25, -0.2) is 4.39 Å². The number of hydrogen-bond acceptors (Lipinski definition) is 5. The average Bonchev–Trinajstić information content (AvgIpc) is 3.12. The van der Waals surface area contributed by atoms with Crippen LogP contribution in [0.5, 0.6) is 0 Å². The molecule has 27 heavy (non-hydrogen) atoms. The van der Waals surface area contributed by atoms with Crippen molar-refractivity contribution in [1.29, 1.82) is 0 Å². The third-order valence-corrected chi connectivity index (χ3v) is 5.72. The molecule has 2 saturated heterocycles. The van der Waals surface area contributed by atoms with Gasteiger partial charge < -0.3 is 14.5 Å². The number of likely N-dealkylation sites (N-methyl/N-ethyl adjacent to an activating group) is 1. The van der Waals surface area contributed by atoms with Crippen molar-refractivity contribution in [3.8, 4) is 0 Å². The standard InChI is InChI=1S/C20H23FN4O2/c1-24(16-6-4-15(21)5-7-16)17-13-20(27-14-17)8-11-25(12-9-20)19(26)18-3-2-10-22-23-18/h2-7,10,17H,8-9,11-14H2,1H3. The highest BCUT2D eigenvalue weighted by atomic mass is 19.1. The van der Waals surface area contributed by atoms with Gasteiger partial charge in [-0.3, -0.25) is 4.79 Å².